The van der Waals surface area contributed by atoms with Crippen molar-refractivity contribution >= 4 is 0 Å². The average Bonchev–Trinajstić information content (AvgIpc) is 3.16. The van der Waals surface area contributed by atoms with Crippen LogP contribution in [-0.2, 0) is 17.8 Å². The van der Waals surface area contributed by atoms with E-state index in [1.54, 1.807) is 10.9 Å². The predicted octanol–water partition coefficient (Wildman–Crippen LogP) is -2.65. The maximum Gasteiger partial charge on any atom is 0.328 e. The first kappa shape index (κ1) is 17.5. The van der Waals surface area contributed by atoms with E-state index in [-0.39, 0.29) is 12.1 Å². The molecule has 1 aliphatic rings. The minimum Gasteiger partial charge on any atom is -0.394 e. The summed E-state index contributed by atoms with van der Waals surface area (Å²) in [6, 6.07) is 0. The van der Waals surface area contributed by atoms with Crippen molar-refractivity contribution < 1.29 is 20.1 Å². The van der Waals surface area contributed by atoms with E-state index in [4.69, 9.17) is 9.84 Å². The molecule has 0 aromatic carbocycles. The third-order valence-electron chi connectivity index (χ3n) is 4.13. The number of ether oxygens (including phenoxy) is 1. The van der Waals surface area contributed by atoms with Crippen LogP contribution in [0.15, 0.2) is 22.0 Å². The number of aryl methyl sites for hydroxylation is 1. The second-order valence-corrected chi connectivity index (χ2v) is 5.80. The lowest BCUT2D eigenvalue weighted by molar-refractivity contribution is -0.0233. The zero-order chi connectivity index (χ0) is 18.1. The number of nitrogens with zero attached hydrogens (tertiary/aromatic N) is 4. The Bertz CT molecular complexity index is 858. The lowest BCUT2D eigenvalue weighted by atomic mass is 10.0. The second kappa shape index (κ2) is 6.88. The predicted molar refractivity (Wildman–Crippen MR) is 82.8 cm³/mol. The Labute approximate surface area is 141 Å². The highest BCUT2D eigenvalue weighted by atomic mass is 16.6. The van der Waals surface area contributed by atoms with Gasteiger partial charge in [-0.15, -0.1) is 5.10 Å². The molecule has 4 N–H and O–H groups in total. The Kier molecular flexibility index (Phi) is 4.81. The molecule has 0 amide bonds. The number of aromatic amines is 1. The van der Waals surface area contributed by atoms with E-state index in [9.17, 15) is 19.8 Å². The van der Waals surface area contributed by atoms with Gasteiger partial charge in [-0.25, -0.2) is 4.79 Å². The third kappa shape index (κ3) is 3.26. The van der Waals surface area contributed by atoms with Gasteiger partial charge < -0.3 is 20.1 Å². The Morgan fingerprint density at radius 2 is 2.04 bits per heavy atom. The van der Waals surface area contributed by atoms with Gasteiger partial charge in [0.1, 0.15) is 30.1 Å². The minimum atomic E-state index is -1.40. The molecule has 4 atom stereocenters. The van der Waals surface area contributed by atoms with Gasteiger partial charge in [0.25, 0.3) is 5.56 Å². The molecule has 1 saturated heterocycles. The van der Waals surface area contributed by atoms with Crippen LogP contribution in [0, 0.1) is 0 Å². The Morgan fingerprint density at radius 3 is 2.64 bits per heavy atom. The lowest BCUT2D eigenvalue weighted by Gasteiger charge is -2.15. The van der Waals surface area contributed by atoms with Gasteiger partial charge in [-0.2, -0.15) is 0 Å². The van der Waals surface area contributed by atoms with E-state index >= 15 is 0 Å². The smallest absolute Gasteiger partial charge is 0.328 e. The van der Waals surface area contributed by atoms with Gasteiger partial charge in [-0.05, 0) is 6.92 Å². The van der Waals surface area contributed by atoms with Crippen LogP contribution >= 0.6 is 0 Å². The molecule has 1 unspecified atom stereocenters. The number of hydrogen-bond acceptors (Lipinski definition) is 8. The molecule has 3 heterocycles. The van der Waals surface area contributed by atoms with Gasteiger partial charge in [-0.1, -0.05) is 5.21 Å². The van der Waals surface area contributed by atoms with Crippen LogP contribution in [0.1, 0.15) is 24.3 Å². The molecule has 136 valence electrons. The van der Waals surface area contributed by atoms with Crippen LogP contribution in [-0.4, -0.2) is 64.8 Å². The van der Waals surface area contributed by atoms with Crippen LogP contribution < -0.4 is 11.2 Å². The van der Waals surface area contributed by atoms with Crippen molar-refractivity contribution in [1.82, 2.24) is 24.5 Å². The SMILES string of the molecule is CCn1cc(Cn2cc([C@@H]3O[C@H](CO)C(O)[C@@H]3O)c(=O)[nH]c2=O)nn1. The van der Waals surface area contributed by atoms with E-state index in [1.807, 2.05) is 6.92 Å². The van der Waals surface area contributed by atoms with E-state index in [0.717, 1.165) is 0 Å². The van der Waals surface area contributed by atoms with Crippen molar-refractivity contribution in [3.63, 3.8) is 0 Å². The summed E-state index contributed by atoms with van der Waals surface area (Å²) in [7, 11) is 0. The summed E-state index contributed by atoms with van der Waals surface area (Å²) < 4.78 is 8.15. The van der Waals surface area contributed by atoms with E-state index in [1.165, 1.54) is 10.8 Å². The summed E-state index contributed by atoms with van der Waals surface area (Å²) in [6.45, 7) is 2.08. The first-order valence-corrected chi connectivity index (χ1v) is 7.79. The van der Waals surface area contributed by atoms with Gasteiger partial charge in [0.15, 0.2) is 0 Å². The summed E-state index contributed by atoms with van der Waals surface area (Å²) in [5.74, 6) is 0. The number of aliphatic hydroxyl groups excluding tert-OH is 3. The molecule has 0 bridgehead atoms. The minimum absolute atomic E-state index is 0.0232. The monoisotopic (exact) mass is 353 g/mol. The molecule has 11 heteroatoms. The second-order valence-electron chi connectivity index (χ2n) is 5.80. The topological polar surface area (TPSA) is 155 Å². The fourth-order valence-corrected chi connectivity index (χ4v) is 2.74. The van der Waals surface area contributed by atoms with Crippen molar-refractivity contribution in [2.45, 2.75) is 44.4 Å². The zero-order valence-electron chi connectivity index (χ0n) is 13.4. The molecule has 0 saturated carbocycles. The van der Waals surface area contributed by atoms with Crippen LogP contribution in [0.5, 0.6) is 0 Å². The molecule has 2 aromatic heterocycles. The van der Waals surface area contributed by atoms with Crippen molar-refractivity contribution in [3.05, 3.63) is 44.5 Å². The molecule has 0 spiro atoms. The fourth-order valence-electron chi connectivity index (χ4n) is 2.74. The first-order chi connectivity index (χ1) is 11.9. The number of aromatic nitrogens is 5. The number of H-pyrrole nitrogens is 1. The quantitative estimate of drug-likeness (QED) is 0.454. The number of nitrogens with one attached hydrogen (secondary N) is 1. The average molecular weight is 353 g/mol. The van der Waals surface area contributed by atoms with Crippen molar-refractivity contribution in [1.29, 1.82) is 0 Å². The van der Waals surface area contributed by atoms with Crippen LogP contribution in [0.3, 0.4) is 0 Å². The Hall–Kier alpha value is -2.34. The maximum atomic E-state index is 12.1. The summed E-state index contributed by atoms with van der Waals surface area (Å²) >= 11 is 0. The van der Waals surface area contributed by atoms with Gasteiger partial charge in [0.2, 0.25) is 0 Å². The highest BCUT2D eigenvalue weighted by Crippen LogP contribution is 2.31. The summed E-state index contributed by atoms with van der Waals surface area (Å²) in [5, 5.41) is 36.9. The highest BCUT2D eigenvalue weighted by Gasteiger charge is 2.44. The Balaban J connectivity index is 1.93. The van der Waals surface area contributed by atoms with Crippen LogP contribution in [0.25, 0.3) is 0 Å². The van der Waals surface area contributed by atoms with Crippen molar-refractivity contribution in [2.24, 2.45) is 0 Å². The van der Waals surface area contributed by atoms with Crippen LogP contribution in [0.2, 0.25) is 0 Å². The Morgan fingerprint density at radius 1 is 1.28 bits per heavy atom. The number of hydrogen-bond donors (Lipinski definition) is 4. The zero-order valence-corrected chi connectivity index (χ0v) is 13.4. The number of aliphatic hydroxyl groups is 3. The van der Waals surface area contributed by atoms with E-state index in [2.05, 4.69) is 15.3 Å². The molecule has 2 aromatic rings. The maximum absolute atomic E-state index is 12.1. The molecule has 1 fully saturated rings. The van der Waals surface area contributed by atoms with Gasteiger partial charge in [0.05, 0.1) is 24.9 Å². The largest absolute Gasteiger partial charge is 0.394 e. The van der Waals surface area contributed by atoms with Crippen LogP contribution in [0.4, 0.5) is 0 Å². The summed E-state index contributed by atoms with van der Waals surface area (Å²) in [4.78, 5) is 26.3. The van der Waals surface area contributed by atoms with Crippen molar-refractivity contribution in [2.75, 3.05) is 6.61 Å². The van der Waals surface area contributed by atoms with E-state index in [0.29, 0.717) is 12.2 Å². The molecule has 25 heavy (non-hydrogen) atoms. The van der Waals surface area contributed by atoms with Crippen molar-refractivity contribution in [3.8, 4) is 0 Å². The number of rotatable bonds is 5. The lowest BCUT2D eigenvalue weighted by Crippen LogP contribution is -2.36. The molecular formula is C14H19N5O6. The molecular weight excluding hydrogens is 334 g/mol. The normalized spacial score (nSPS) is 26.2. The van der Waals surface area contributed by atoms with E-state index < -0.39 is 42.3 Å². The third-order valence-corrected chi connectivity index (χ3v) is 4.13. The summed E-state index contributed by atoms with van der Waals surface area (Å²) in [6.07, 6.45) is -1.97. The van der Waals surface area contributed by atoms with Gasteiger partial charge >= 0.3 is 5.69 Å². The highest BCUT2D eigenvalue weighted by molar-refractivity contribution is 5.15. The molecule has 0 aliphatic carbocycles. The molecule has 0 radical (unpaired) electrons. The summed E-state index contributed by atoms with van der Waals surface area (Å²) in [5.41, 5.74) is -0.882. The molecule has 1 aliphatic heterocycles. The molecule has 11 nitrogen and oxygen atoms in total. The fraction of sp³-hybridized carbons (Fsp3) is 0.571. The van der Waals surface area contributed by atoms with Gasteiger partial charge in [0, 0.05) is 12.7 Å². The van der Waals surface area contributed by atoms with Gasteiger partial charge in [-0.3, -0.25) is 19.0 Å². The standard InChI is InChI=1S/C14H19N5O6/c1-2-19-4-7(16-17-19)3-18-5-8(13(23)15-14(18)24)12-11(22)10(21)9(6-20)25-12/h4-5,9-12,20-22H,2-3,6H2,1H3,(H,15,23,24)/t9-,10?,11+,12+/m1/s1. The molecule has 3 rings (SSSR count). The first-order valence-electron chi connectivity index (χ1n) is 7.79.